The molecule has 0 atom stereocenters. The molecule has 2 aromatic carbocycles. The van der Waals surface area contributed by atoms with Crippen LogP contribution in [0.5, 0.6) is 0 Å². The lowest BCUT2D eigenvalue weighted by Gasteiger charge is -2.10. The van der Waals surface area contributed by atoms with Gasteiger partial charge in [-0.3, -0.25) is 9.59 Å². The van der Waals surface area contributed by atoms with Crippen molar-refractivity contribution >= 4 is 33.8 Å². The Morgan fingerprint density at radius 1 is 1.12 bits per heavy atom. The second-order valence-corrected chi connectivity index (χ2v) is 5.92. The van der Waals surface area contributed by atoms with Gasteiger partial charge in [0.25, 0.3) is 5.91 Å². The molecule has 0 heterocycles. The third-order valence-corrected chi connectivity index (χ3v) is 3.85. The first kappa shape index (κ1) is 17.9. The summed E-state index contributed by atoms with van der Waals surface area (Å²) in [7, 11) is 0. The molecule has 2 rings (SSSR count). The fraction of sp³-hybridized carbons (Fsp3) is 0.111. The summed E-state index contributed by atoms with van der Waals surface area (Å²) >= 11 is 3.40. The van der Waals surface area contributed by atoms with Gasteiger partial charge in [-0.05, 0) is 35.4 Å². The standard InChI is InChI=1S/C18H16BrFN2O2/c1-12(23)22-17(10-14-4-2-3-5-16(14)19)18(24)21-11-13-6-8-15(20)9-7-13/h2-10H,11H2,1H3,(H,21,24)(H,22,23). The Morgan fingerprint density at radius 2 is 1.79 bits per heavy atom. The fourth-order valence-electron chi connectivity index (χ4n) is 1.98. The zero-order valence-electron chi connectivity index (χ0n) is 13.0. The Morgan fingerprint density at radius 3 is 2.42 bits per heavy atom. The van der Waals surface area contributed by atoms with Crippen LogP contribution in [0.15, 0.2) is 58.7 Å². The largest absolute Gasteiger partial charge is 0.347 e. The van der Waals surface area contributed by atoms with Crippen LogP contribution in [-0.2, 0) is 16.1 Å². The predicted molar refractivity (Wildman–Crippen MR) is 94.2 cm³/mol. The van der Waals surface area contributed by atoms with Crippen LogP contribution < -0.4 is 10.6 Å². The van der Waals surface area contributed by atoms with E-state index >= 15 is 0 Å². The molecule has 4 nitrogen and oxygen atoms in total. The summed E-state index contributed by atoms with van der Waals surface area (Å²) in [4.78, 5) is 23.7. The average Bonchev–Trinajstić information content (AvgIpc) is 2.55. The van der Waals surface area contributed by atoms with Crippen molar-refractivity contribution in [3.8, 4) is 0 Å². The normalized spacial score (nSPS) is 11.0. The summed E-state index contributed by atoms with van der Waals surface area (Å²) in [6, 6.07) is 13.2. The minimum Gasteiger partial charge on any atom is -0.347 e. The Balaban J connectivity index is 2.14. The highest BCUT2D eigenvalue weighted by Crippen LogP contribution is 2.18. The lowest BCUT2D eigenvalue weighted by Crippen LogP contribution is -2.33. The molecule has 0 radical (unpaired) electrons. The maximum absolute atomic E-state index is 12.9. The minimum absolute atomic E-state index is 0.136. The van der Waals surface area contributed by atoms with Gasteiger partial charge in [-0.15, -0.1) is 0 Å². The number of benzene rings is 2. The van der Waals surface area contributed by atoms with Crippen molar-refractivity contribution in [1.82, 2.24) is 10.6 Å². The van der Waals surface area contributed by atoms with Crippen LogP contribution in [0, 0.1) is 5.82 Å². The van der Waals surface area contributed by atoms with Crippen molar-refractivity contribution < 1.29 is 14.0 Å². The molecule has 24 heavy (non-hydrogen) atoms. The molecular formula is C18H16BrFN2O2. The van der Waals surface area contributed by atoms with Crippen LogP contribution in [0.1, 0.15) is 18.1 Å². The molecule has 0 bridgehead atoms. The third-order valence-electron chi connectivity index (χ3n) is 3.13. The number of carbonyl (C=O) groups excluding carboxylic acids is 2. The summed E-state index contributed by atoms with van der Waals surface area (Å²) in [6.07, 6.45) is 1.59. The zero-order chi connectivity index (χ0) is 17.5. The minimum atomic E-state index is -0.426. The van der Waals surface area contributed by atoms with Crippen LogP contribution in [0.2, 0.25) is 0 Å². The number of hydrogen-bond donors (Lipinski definition) is 2. The van der Waals surface area contributed by atoms with Crippen LogP contribution in [0.3, 0.4) is 0 Å². The van der Waals surface area contributed by atoms with Crippen LogP contribution in [0.25, 0.3) is 6.08 Å². The van der Waals surface area contributed by atoms with E-state index < -0.39 is 5.91 Å². The SMILES string of the molecule is CC(=O)NC(=Cc1ccccc1Br)C(=O)NCc1ccc(F)cc1. The van der Waals surface area contributed by atoms with Gasteiger partial charge >= 0.3 is 0 Å². The molecule has 0 unspecified atom stereocenters. The van der Waals surface area contributed by atoms with Crippen molar-refractivity contribution in [3.05, 3.63) is 75.6 Å². The average molecular weight is 391 g/mol. The summed E-state index contributed by atoms with van der Waals surface area (Å²) < 4.78 is 13.7. The maximum atomic E-state index is 12.9. The van der Waals surface area contributed by atoms with Crippen molar-refractivity contribution in [2.24, 2.45) is 0 Å². The van der Waals surface area contributed by atoms with E-state index in [-0.39, 0.29) is 24.0 Å². The number of halogens is 2. The van der Waals surface area contributed by atoms with Gasteiger partial charge in [0.05, 0.1) is 0 Å². The van der Waals surface area contributed by atoms with Crippen LogP contribution >= 0.6 is 15.9 Å². The van der Waals surface area contributed by atoms with Gasteiger partial charge in [-0.2, -0.15) is 0 Å². The monoisotopic (exact) mass is 390 g/mol. The summed E-state index contributed by atoms with van der Waals surface area (Å²) in [6.45, 7) is 1.56. The predicted octanol–water partition coefficient (Wildman–Crippen LogP) is 3.38. The topological polar surface area (TPSA) is 58.2 Å². The molecule has 0 aliphatic carbocycles. The number of carbonyl (C=O) groups is 2. The summed E-state index contributed by atoms with van der Waals surface area (Å²) in [5, 5.41) is 5.23. The van der Waals surface area contributed by atoms with E-state index in [1.807, 2.05) is 24.3 Å². The van der Waals surface area contributed by atoms with Crippen molar-refractivity contribution in [1.29, 1.82) is 0 Å². The fourth-order valence-corrected chi connectivity index (χ4v) is 2.37. The molecule has 0 saturated heterocycles. The Bertz CT molecular complexity index is 773. The van der Waals surface area contributed by atoms with E-state index in [1.54, 1.807) is 18.2 Å². The Kier molecular flexibility index (Phi) is 6.26. The zero-order valence-corrected chi connectivity index (χ0v) is 14.6. The van der Waals surface area contributed by atoms with E-state index in [0.717, 1.165) is 15.6 Å². The first-order valence-corrected chi connectivity index (χ1v) is 8.01. The molecule has 2 N–H and O–H groups in total. The van der Waals surface area contributed by atoms with Gasteiger partial charge in [0, 0.05) is 17.9 Å². The molecule has 0 spiro atoms. The van der Waals surface area contributed by atoms with Gasteiger partial charge < -0.3 is 10.6 Å². The highest BCUT2D eigenvalue weighted by molar-refractivity contribution is 9.10. The smallest absolute Gasteiger partial charge is 0.268 e. The highest BCUT2D eigenvalue weighted by Gasteiger charge is 2.12. The molecule has 0 fully saturated rings. The van der Waals surface area contributed by atoms with Gasteiger partial charge in [0.2, 0.25) is 5.91 Å². The van der Waals surface area contributed by atoms with Gasteiger partial charge in [0.1, 0.15) is 11.5 Å². The number of rotatable bonds is 5. The van der Waals surface area contributed by atoms with Crippen molar-refractivity contribution in [2.75, 3.05) is 0 Å². The molecule has 0 aliphatic rings. The highest BCUT2D eigenvalue weighted by atomic mass is 79.9. The van der Waals surface area contributed by atoms with Gasteiger partial charge in [-0.25, -0.2) is 4.39 Å². The maximum Gasteiger partial charge on any atom is 0.268 e. The van der Waals surface area contributed by atoms with Gasteiger partial charge in [0.15, 0.2) is 0 Å². The van der Waals surface area contributed by atoms with Crippen LogP contribution in [-0.4, -0.2) is 11.8 Å². The van der Waals surface area contributed by atoms with Gasteiger partial charge in [-0.1, -0.05) is 46.3 Å². The molecule has 2 aromatic rings. The first-order valence-electron chi connectivity index (χ1n) is 7.22. The molecule has 2 amide bonds. The lowest BCUT2D eigenvalue weighted by molar-refractivity contribution is -0.122. The third kappa shape index (κ3) is 5.31. The number of hydrogen-bond acceptors (Lipinski definition) is 2. The van der Waals surface area contributed by atoms with E-state index in [4.69, 9.17) is 0 Å². The summed E-state index contributed by atoms with van der Waals surface area (Å²) in [5.41, 5.74) is 1.66. The number of nitrogens with one attached hydrogen (secondary N) is 2. The lowest BCUT2D eigenvalue weighted by atomic mass is 10.1. The molecule has 0 saturated carbocycles. The molecule has 0 aliphatic heterocycles. The van der Waals surface area contributed by atoms with Crippen molar-refractivity contribution in [3.63, 3.8) is 0 Å². The Labute approximate surface area is 147 Å². The van der Waals surface area contributed by atoms with E-state index in [0.29, 0.717) is 0 Å². The van der Waals surface area contributed by atoms with Crippen molar-refractivity contribution in [2.45, 2.75) is 13.5 Å². The molecule has 0 aromatic heterocycles. The van der Waals surface area contributed by atoms with E-state index in [2.05, 4.69) is 26.6 Å². The van der Waals surface area contributed by atoms with Crippen LogP contribution in [0.4, 0.5) is 4.39 Å². The first-order chi connectivity index (χ1) is 11.5. The van der Waals surface area contributed by atoms with E-state index in [9.17, 15) is 14.0 Å². The Hall–Kier alpha value is -2.47. The summed E-state index contributed by atoms with van der Waals surface area (Å²) in [5.74, 6) is -1.10. The molecular weight excluding hydrogens is 375 g/mol. The quantitative estimate of drug-likeness (QED) is 0.768. The van der Waals surface area contributed by atoms with E-state index in [1.165, 1.54) is 19.1 Å². The molecule has 124 valence electrons. The number of amides is 2. The molecule has 6 heteroatoms. The second kappa shape index (κ2) is 8.40. The second-order valence-electron chi connectivity index (χ2n) is 5.07.